The van der Waals surface area contributed by atoms with E-state index in [2.05, 4.69) is 0 Å². The molecule has 0 heterocycles. The van der Waals surface area contributed by atoms with E-state index in [0.717, 1.165) is 21.4 Å². The summed E-state index contributed by atoms with van der Waals surface area (Å²) in [6, 6.07) is 0. The van der Waals surface area contributed by atoms with Crippen molar-refractivity contribution in [1.29, 1.82) is 0 Å². The molecule has 0 aromatic carbocycles. The zero-order valence-corrected chi connectivity index (χ0v) is 44.7. The van der Waals surface area contributed by atoms with Crippen LogP contribution >= 0.6 is 0 Å². The number of hydrogen-bond acceptors (Lipinski definition) is 28. The van der Waals surface area contributed by atoms with E-state index in [1.807, 2.05) is 0 Å². The number of hydrogen-bond donors (Lipinski definition) is 16. The first kappa shape index (κ1) is 173. The van der Waals surface area contributed by atoms with E-state index in [1.54, 1.807) is 0 Å². The predicted octanol–water partition coefficient (Wildman–Crippen LogP) is -0.853. The second-order valence-electron chi connectivity index (χ2n) is 5.63. The quantitative estimate of drug-likeness (QED) is 0.0351. The molecule has 0 aromatic rings. The van der Waals surface area contributed by atoms with Crippen molar-refractivity contribution in [3.8, 4) is 0 Å². The summed E-state index contributed by atoms with van der Waals surface area (Å²) in [6.07, 6.45) is 0. The Morgan fingerprint density at radius 2 is 0.230 bits per heavy atom. The maximum absolute atomic E-state index is 8.00. The van der Waals surface area contributed by atoms with E-state index in [1.165, 1.54) is 39.3 Å². The van der Waals surface area contributed by atoms with Crippen molar-refractivity contribution < 1.29 is 100 Å². The van der Waals surface area contributed by atoms with Gasteiger partial charge in [-0.15, -0.1) is 21.4 Å². The van der Waals surface area contributed by atoms with Gasteiger partial charge in [0, 0.05) is 105 Å². The molecule has 0 unspecified atom stereocenters. The van der Waals surface area contributed by atoms with Gasteiger partial charge in [0.05, 0.1) is 0 Å². The molecule has 0 spiro atoms. The van der Waals surface area contributed by atoms with E-state index in [-0.39, 0.29) is 100 Å². The van der Waals surface area contributed by atoms with E-state index < -0.39 is 0 Å². The molecule has 0 aromatic heterocycles. The molecular formula is C16H64Mn2N44Ni4O8. The first-order chi connectivity index (χ1) is 32.3. The van der Waals surface area contributed by atoms with Crippen LogP contribution in [0.5, 0.6) is 0 Å². The summed E-state index contributed by atoms with van der Waals surface area (Å²) in [6.45, 7) is 9.56. The van der Waals surface area contributed by atoms with Crippen LogP contribution in [0.4, 0.5) is 0 Å². The third-order valence-electron chi connectivity index (χ3n) is 1.33. The molecule has 0 fully saturated rings. The van der Waals surface area contributed by atoms with E-state index >= 15 is 0 Å². The van der Waals surface area contributed by atoms with Gasteiger partial charge in [0.15, 0.2) is 0 Å². The maximum atomic E-state index is 8.00. The van der Waals surface area contributed by atoms with Crippen molar-refractivity contribution in [3.63, 3.8) is 0 Å². The van der Waals surface area contributed by atoms with Gasteiger partial charge in [0.1, 0.15) is 0 Å². The molecule has 0 aliphatic carbocycles. The van der Waals surface area contributed by atoms with E-state index in [0.29, 0.717) is 105 Å². The van der Waals surface area contributed by atoms with Gasteiger partial charge in [-0.05, 0) is 0 Å². The summed E-state index contributed by atoms with van der Waals surface area (Å²) >= 11 is 0. The topological polar surface area (TPSA) is 1100 Å². The molecule has 0 atom stereocenters. The van der Waals surface area contributed by atoms with Crippen LogP contribution in [-0.2, 0) is 100 Å². The fraction of sp³-hybridized carbons (Fsp3) is 1.00. The monoisotopic (exact) mass is 1340 g/mol. The van der Waals surface area contributed by atoms with Crippen LogP contribution in [0.25, 0.3) is 128 Å². The Morgan fingerprint density at radius 3 is 0.230 bits per heavy atom. The van der Waals surface area contributed by atoms with Crippen molar-refractivity contribution in [3.05, 3.63) is 168 Å². The first-order valence-electron chi connectivity index (χ1n) is 15.2. The number of nitrogens with two attached hydrogens (primary N) is 16. The van der Waals surface area contributed by atoms with Gasteiger partial charge in [-0.3, -0.25) is 39.3 Å². The molecular weight excluding hydrogens is 1280 g/mol. The summed E-state index contributed by atoms with van der Waals surface area (Å²) < 4.78 is 0. The van der Waals surface area contributed by atoms with Gasteiger partial charge in [-0.1, -0.05) is 0 Å². The summed E-state index contributed by atoms with van der Waals surface area (Å²) in [5.41, 5.74) is 186. The molecule has 450 valence electrons. The molecule has 0 aliphatic rings. The SMILES string of the molecule is NCCN.NCCN.NCCN.NCCN.NCCN.NCCN.NCCN.NCCN.O=N[O-].O=N[O-].O=N[O-].O=N[O-].[Mn+2].[Mn+2].[N-]=[N+]=[N-].[N-]=[N+]=[N-].[N-]=[N+]=[N-].[N-]=[N+]=[N-].[N-]=[N+]=[N-].[N-]=[N+]=[N-].[N-]=[N+]=[N-].[N-]=[N+]=[N-].[Ni+2].[Ni+2].[Ni+2].[Ni+2]. The minimum Gasteiger partial charge on any atom is -0.444 e. The Hall–Kier alpha value is -5.55. The van der Waals surface area contributed by atoms with Gasteiger partial charge in [0.2, 0.25) is 0 Å². The molecule has 32 N–H and O–H groups in total. The van der Waals surface area contributed by atoms with Gasteiger partial charge in [-0.2, -0.15) is 0 Å². The van der Waals surface area contributed by atoms with E-state index in [4.69, 9.17) is 221 Å². The minimum atomic E-state index is 0. The third-order valence-corrected chi connectivity index (χ3v) is 1.33. The maximum Gasteiger partial charge on any atom is 2.00 e. The average Bonchev–Trinajstić information content (AvgIpc) is 3.32. The standard InChI is InChI=1S/8C2H8N2.2Mn.8N3.4HNO2.4Ni/c8*3-1-2-4;;;8*1-3-2;4*2-1-3;;;;/h8*1-4H2;;;;;;;;;;;4*(H,2,3);;;;/q;;;;;;;;2*+2;8*-1;;;;;4*+2/p-4. The second kappa shape index (κ2) is 591. The zero-order chi connectivity index (χ0) is 59.8. The van der Waals surface area contributed by atoms with E-state index in [9.17, 15) is 0 Å². The Balaban J connectivity index is -0.0000000136. The van der Waals surface area contributed by atoms with Crippen molar-refractivity contribution in [2.45, 2.75) is 0 Å². The average molecular weight is 1350 g/mol. The Bertz CT molecular complexity index is 751. The predicted molar refractivity (Wildman–Crippen MR) is 262 cm³/mol. The number of nitrogens with zero attached hydrogens (tertiary/aromatic N) is 28. The van der Waals surface area contributed by atoms with Crippen LogP contribution in [0.15, 0.2) is 21.4 Å². The molecule has 0 bridgehead atoms. The normalized spacial score (nSPS) is 4.76. The molecule has 0 saturated carbocycles. The first-order valence-corrected chi connectivity index (χ1v) is 15.2. The Morgan fingerprint density at radius 1 is 0.216 bits per heavy atom. The van der Waals surface area contributed by atoms with Crippen LogP contribution in [0, 0.1) is 40.5 Å². The van der Waals surface area contributed by atoms with Crippen LogP contribution in [0.1, 0.15) is 0 Å². The van der Waals surface area contributed by atoms with Gasteiger partial charge in [0.25, 0.3) is 0 Å². The van der Waals surface area contributed by atoms with Gasteiger partial charge in [-0.25, -0.2) is 0 Å². The Labute approximate surface area is 483 Å². The van der Waals surface area contributed by atoms with Gasteiger partial charge < -0.3 is 221 Å². The second-order valence-corrected chi connectivity index (χ2v) is 5.63. The molecule has 2 radical (unpaired) electrons. The van der Waals surface area contributed by atoms with Crippen molar-refractivity contribution in [1.82, 2.24) is 0 Å². The van der Waals surface area contributed by atoms with Crippen LogP contribution < -0.4 is 91.7 Å². The van der Waals surface area contributed by atoms with Crippen molar-refractivity contribution in [2.24, 2.45) is 113 Å². The Kier molecular flexibility index (Phi) is 1380. The molecule has 0 amide bonds. The summed E-state index contributed by atoms with van der Waals surface area (Å²) in [7, 11) is 0. The molecule has 58 heteroatoms. The fourth-order valence-electron chi connectivity index (χ4n) is 0. The summed E-state index contributed by atoms with van der Waals surface area (Å²) in [5, 5.41) is 36.0. The molecule has 52 nitrogen and oxygen atoms in total. The third kappa shape index (κ3) is 47300. The summed E-state index contributed by atoms with van der Waals surface area (Å²) in [4.78, 5) is 44.0. The molecule has 74 heavy (non-hydrogen) atoms. The molecule has 0 rings (SSSR count). The summed E-state index contributed by atoms with van der Waals surface area (Å²) in [5.74, 6) is 0. The number of rotatable bonds is 8. The zero-order valence-electron chi connectivity index (χ0n) is 38.4. The van der Waals surface area contributed by atoms with Gasteiger partial charge >= 0.3 is 100 Å². The van der Waals surface area contributed by atoms with Crippen molar-refractivity contribution in [2.75, 3.05) is 105 Å². The minimum absolute atomic E-state index is 0. The van der Waals surface area contributed by atoms with Crippen LogP contribution in [0.3, 0.4) is 0 Å². The fourth-order valence-corrected chi connectivity index (χ4v) is 0. The largest absolute Gasteiger partial charge is 2.00 e. The smallest absolute Gasteiger partial charge is 0.444 e. The van der Waals surface area contributed by atoms with Crippen molar-refractivity contribution >= 4 is 0 Å². The van der Waals surface area contributed by atoms with Crippen LogP contribution in [0.2, 0.25) is 0 Å². The molecule has 0 aliphatic heterocycles. The molecule has 0 saturated heterocycles. The van der Waals surface area contributed by atoms with Crippen LogP contribution in [-0.4, -0.2) is 105 Å².